The van der Waals surface area contributed by atoms with Crippen molar-refractivity contribution in [3.63, 3.8) is 0 Å². The summed E-state index contributed by atoms with van der Waals surface area (Å²) < 4.78 is 39.2. The van der Waals surface area contributed by atoms with Crippen LogP contribution in [0, 0.1) is 17.5 Å². The number of rotatable bonds is 3. The third-order valence-electron chi connectivity index (χ3n) is 2.67. The SMILES string of the molecule is OC(Cc1ccccc1)c1cc(F)c(F)cc1F. The number of aliphatic hydroxyl groups is 1. The Kier molecular flexibility index (Phi) is 3.67. The van der Waals surface area contributed by atoms with Crippen molar-refractivity contribution >= 4 is 0 Å². The molecule has 4 heteroatoms. The molecule has 0 radical (unpaired) electrons. The molecule has 0 heterocycles. The molecule has 0 aliphatic carbocycles. The summed E-state index contributed by atoms with van der Waals surface area (Å²) in [5.74, 6) is -3.38. The van der Waals surface area contributed by atoms with E-state index in [0.717, 1.165) is 5.56 Å². The highest BCUT2D eigenvalue weighted by atomic mass is 19.2. The van der Waals surface area contributed by atoms with Crippen molar-refractivity contribution in [1.29, 1.82) is 0 Å². The summed E-state index contributed by atoms with van der Waals surface area (Å²) in [7, 11) is 0. The molecule has 0 bridgehead atoms. The van der Waals surface area contributed by atoms with Crippen LogP contribution < -0.4 is 0 Å². The molecular formula is C14H11F3O. The van der Waals surface area contributed by atoms with E-state index in [2.05, 4.69) is 0 Å². The molecule has 94 valence electrons. The summed E-state index contributed by atoms with van der Waals surface area (Å²) in [5.41, 5.74) is 0.548. The zero-order valence-electron chi connectivity index (χ0n) is 9.41. The van der Waals surface area contributed by atoms with E-state index in [1.807, 2.05) is 6.07 Å². The Balaban J connectivity index is 2.24. The molecule has 0 saturated carbocycles. The summed E-state index contributed by atoms with van der Waals surface area (Å²) in [6.07, 6.45) is -1.06. The van der Waals surface area contributed by atoms with Crippen molar-refractivity contribution in [2.24, 2.45) is 0 Å². The second-order valence-electron chi connectivity index (χ2n) is 3.99. The standard InChI is InChI=1S/C14H11F3O/c15-11-8-13(17)12(16)7-10(11)14(18)6-9-4-2-1-3-5-9/h1-5,7-8,14,18H,6H2. The van der Waals surface area contributed by atoms with Crippen LogP contribution >= 0.6 is 0 Å². The van der Waals surface area contributed by atoms with Crippen LogP contribution in [-0.2, 0) is 6.42 Å². The average molecular weight is 252 g/mol. The Bertz CT molecular complexity index is 540. The first-order chi connectivity index (χ1) is 8.58. The summed E-state index contributed by atoms with van der Waals surface area (Å²) in [6.45, 7) is 0. The predicted octanol–water partition coefficient (Wildman–Crippen LogP) is 3.38. The van der Waals surface area contributed by atoms with Gasteiger partial charge in [-0.1, -0.05) is 30.3 Å². The topological polar surface area (TPSA) is 20.2 Å². The number of hydrogen-bond acceptors (Lipinski definition) is 1. The molecule has 0 fully saturated rings. The quantitative estimate of drug-likeness (QED) is 0.830. The van der Waals surface area contributed by atoms with Crippen LogP contribution in [0.2, 0.25) is 0 Å². The summed E-state index contributed by atoms with van der Waals surface area (Å²) in [4.78, 5) is 0. The molecular weight excluding hydrogens is 241 g/mol. The third kappa shape index (κ3) is 2.71. The van der Waals surface area contributed by atoms with Gasteiger partial charge in [0.15, 0.2) is 11.6 Å². The normalized spacial score (nSPS) is 12.4. The Labute approximate surface area is 103 Å². The number of aliphatic hydroxyl groups excluding tert-OH is 1. The summed E-state index contributed by atoms with van der Waals surface area (Å²) in [6, 6.07) is 10.0. The van der Waals surface area contributed by atoms with Gasteiger partial charge in [-0.15, -0.1) is 0 Å². The van der Waals surface area contributed by atoms with Crippen LogP contribution in [0.3, 0.4) is 0 Å². The average Bonchev–Trinajstić information content (AvgIpc) is 2.35. The highest BCUT2D eigenvalue weighted by Crippen LogP contribution is 2.23. The molecule has 1 N–H and O–H groups in total. The Morgan fingerprint density at radius 3 is 2.17 bits per heavy atom. The number of hydrogen-bond donors (Lipinski definition) is 1. The van der Waals surface area contributed by atoms with E-state index in [4.69, 9.17) is 0 Å². The van der Waals surface area contributed by atoms with Gasteiger partial charge in [0.25, 0.3) is 0 Å². The molecule has 1 atom stereocenters. The lowest BCUT2D eigenvalue weighted by atomic mass is 10.0. The van der Waals surface area contributed by atoms with Crippen LogP contribution in [0.25, 0.3) is 0 Å². The van der Waals surface area contributed by atoms with Gasteiger partial charge < -0.3 is 5.11 Å². The van der Waals surface area contributed by atoms with E-state index in [-0.39, 0.29) is 12.0 Å². The Morgan fingerprint density at radius 1 is 0.889 bits per heavy atom. The van der Waals surface area contributed by atoms with Gasteiger partial charge in [0.05, 0.1) is 6.10 Å². The van der Waals surface area contributed by atoms with Crippen LogP contribution in [0.1, 0.15) is 17.2 Å². The molecule has 0 saturated heterocycles. The van der Waals surface area contributed by atoms with Gasteiger partial charge in [0.2, 0.25) is 0 Å². The molecule has 2 rings (SSSR count). The second kappa shape index (κ2) is 5.23. The van der Waals surface area contributed by atoms with Crippen LogP contribution in [-0.4, -0.2) is 5.11 Å². The molecule has 0 spiro atoms. The van der Waals surface area contributed by atoms with E-state index < -0.39 is 23.6 Å². The van der Waals surface area contributed by atoms with Crippen molar-refractivity contribution in [2.75, 3.05) is 0 Å². The van der Waals surface area contributed by atoms with Crippen LogP contribution in [0.4, 0.5) is 13.2 Å². The van der Waals surface area contributed by atoms with Gasteiger partial charge in [0, 0.05) is 18.1 Å². The molecule has 0 aliphatic heterocycles. The molecule has 1 unspecified atom stereocenters. The van der Waals surface area contributed by atoms with E-state index >= 15 is 0 Å². The second-order valence-corrected chi connectivity index (χ2v) is 3.99. The van der Waals surface area contributed by atoms with Crippen LogP contribution in [0.15, 0.2) is 42.5 Å². The minimum atomic E-state index is -1.26. The third-order valence-corrected chi connectivity index (χ3v) is 2.67. The van der Waals surface area contributed by atoms with Crippen molar-refractivity contribution in [3.05, 3.63) is 71.0 Å². The minimum Gasteiger partial charge on any atom is -0.388 e. The molecule has 1 nitrogen and oxygen atoms in total. The van der Waals surface area contributed by atoms with Crippen molar-refractivity contribution < 1.29 is 18.3 Å². The van der Waals surface area contributed by atoms with Gasteiger partial charge in [-0.2, -0.15) is 0 Å². The van der Waals surface area contributed by atoms with E-state index in [1.54, 1.807) is 24.3 Å². The van der Waals surface area contributed by atoms with E-state index in [0.29, 0.717) is 12.1 Å². The monoisotopic (exact) mass is 252 g/mol. The zero-order valence-corrected chi connectivity index (χ0v) is 9.41. The van der Waals surface area contributed by atoms with Crippen molar-refractivity contribution in [1.82, 2.24) is 0 Å². The maximum Gasteiger partial charge on any atom is 0.161 e. The number of halogens is 3. The van der Waals surface area contributed by atoms with Gasteiger partial charge in [0.1, 0.15) is 5.82 Å². The molecule has 0 aliphatic rings. The highest BCUT2D eigenvalue weighted by Gasteiger charge is 2.17. The predicted molar refractivity (Wildman–Crippen MR) is 61.4 cm³/mol. The van der Waals surface area contributed by atoms with Crippen molar-refractivity contribution in [3.8, 4) is 0 Å². The fraction of sp³-hybridized carbons (Fsp3) is 0.143. The lowest BCUT2D eigenvalue weighted by Crippen LogP contribution is -2.06. The van der Waals surface area contributed by atoms with E-state index in [1.165, 1.54) is 0 Å². The molecule has 0 aromatic heterocycles. The minimum absolute atomic E-state index is 0.142. The number of benzene rings is 2. The fourth-order valence-corrected chi connectivity index (χ4v) is 1.74. The lowest BCUT2D eigenvalue weighted by Gasteiger charge is -2.12. The zero-order chi connectivity index (χ0) is 13.1. The molecule has 2 aromatic carbocycles. The fourth-order valence-electron chi connectivity index (χ4n) is 1.74. The van der Waals surface area contributed by atoms with Gasteiger partial charge >= 0.3 is 0 Å². The van der Waals surface area contributed by atoms with E-state index in [9.17, 15) is 18.3 Å². The van der Waals surface area contributed by atoms with Gasteiger partial charge in [-0.05, 0) is 11.6 Å². The Morgan fingerprint density at radius 2 is 1.50 bits per heavy atom. The first-order valence-electron chi connectivity index (χ1n) is 5.44. The maximum absolute atomic E-state index is 13.4. The maximum atomic E-state index is 13.4. The molecule has 18 heavy (non-hydrogen) atoms. The highest BCUT2D eigenvalue weighted by molar-refractivity contribution is 5.25. The Hall–Kier alpha value is -1.81. The largest absolute Gasteiger partial charge is 0.388 e. The van der Waals surface area contributed by atoms with Crippen LogP contribution in [0.5, 0.6) is 0 Å². The first kappa shape index (κ1) is 12.6. The smallest absolute Gasteiger partial charge is 0.161 e. The van der Waals surface area contributed by atoms with Crippen molar-refractivity contribution in [2.45, 2.75) is 12.5 Å². The summed E-state index contributed by atoms with van der Waals surface area (Å²) >= 11 is 0. The first-order valence-corrected chi connectivity index (χ1v) is 5.44. The molecule has 0 amide bonds. The van der Waals surface area contributed by atoms with Gasteiger partial charge in [-0.25, -0.2) is 13.2 Å². The van der Waals surface area contributed by atoms with Gasteiger partial charge in [-0.3, -0.25) is 0 Å². The molecule has 2 aromatic rings. The summed E-state index contributed by atoms with van der Waals surface area (Å²) in [5, 5.41) is 9.84. The lowest BCUT2D eigenvalue weighted by molar-refractivity contribution is 0.172.